The molecule has 4 N–H and O–H groups in total. The quantitative estimate of drug-likeness (QED) is 0.610. The lowest BCUT2D eigenvalue weighted by atomic mass is 10.0. The van der Waals surface area contributed by atoms with Crippen LogP contribution in [0, 0.1) is 17.6 Å². The van der Waals surface area contributed by atoms with Crippen molar-refractivity contribution in [3.05, 3.63) is 51.5 Å². The van der Waals surface area contributed by atoms with E-state index < -0.39 is 23.8 Å². The Balaban J connectivity index is 1.54. The van der Waals surface area contributed by atoms with Crippen molar-refractivity contribution in [2.75, 3.05) is 6.54 Å². The fourth-order valence-electron chi connectivity index (χ4n) is 3.20. The van der Waals surface area contributed by atoms with E-state index in [0.29, 0.717) is 18.0 Å². The van der Waals surface area contributed by atoms with E-state index in [4.69, 9.17) is 5.73 Å². The summed E-state index contributed by atoms with van der Waals surface area (Å²) >= 11 is 1.73. The summed E-state index contributed by atoms with van der Waals surface area (Å²) in [5, 5.41) is 15.0. The van der Waals surface area contributed by atoms with E-state index in [-0.39, 0.29) is 12.0 Å². The highest BCUT2D eigenvalue weighted by Crippen LogP contribution is 2.47. The smallest absolute Gasteiger partial charge is 0.126 e. The van der Waals surface area contributed by atoms with Crippen molar-refractivity contribution in [2.24, 2.45) is 11.7 Å². The lowest BCUT2D eigenvalue weighted by molar-refractivity contribution is 0.136. The van der Waals surface area contributed by atoms with Gasteiger partial charge in [0.1, 0.15) is 11.6 Å². The van der Waals surface area contributed by atoms with E-state index in [9.17, 15) is 13.9 Å². The zero-order chi connectivity index (χ0) is 19.6. The molecule has 2 atom stereocenters. The van der Waals surface area contributed by atoms with Crippen molar-refractivity contribution < 1.29 is 13.9 Å². The van der Waals surface area contributed by atoms with Gasteiger partial charge in [-0.3, -0.25) is 0 Å². The molecule has 0 spiro atoms. The predicted octanol–water partition coefficient (Wildman–Crippen LogP) is 3.13. The van der Waals surface area contributed by atoms with Gasteiger partial charge in [-0.1, -0.05) is 13.8 Å². The van der Waals surface area contributed by atoms with Crippen LogP contribution in [0.1, 0.15) is 42.1 Å². The molecule has 1 saturated carbocycles. The van der Waals surface area contributed by atoms with Gasteiger partial charge in [0, 0.05) is 36.1 Å². The summed E-state index contributed by atoms with van der Waals surface area (Å²) in [6, 6.07) is 2.72. The van der Waals surface area contributed by atoms with Gasteiger partial charge >= 0.3 is 0 Å². The van der Waals surface area contributed by atoms with Gasteiger partial charge in [-0.05, 0) is 42.9 Å². The minimum Gasteiger partial charge on any atom is -0.390 e. The Kier molecular flexibility index (Phi) is 6.25. The Morgan fingerprint density at radius 3 is 2.48 bits per heavy atom. The first-order valence-electron chi connectivity index (χ1n) is 9.36. The molecular weight excluding hydrogens is 368 g/mol. The standard InChI is InChI=1S/C20H27F2N3OS/c1-12(2)5-19-24-11-18(27-19)20(3-4-20)25-10-17(26)16(23)8-13-6-14(21)9-15(22)7-13/h6-7,9,11-12,16-17,25-26H,3-5,8,10,23H2,1-2H3. The molecule has 3 rings (SSSR count). The Bertz CT molecular complexity index is 756. The number of benzene rings is 1. The molecule has 1 heterocycles. The third-order valence-electron chi connectivity index (χ3n) is 4.90. The van der Waals surface area contributed by atoms with Crippen molar-refractivity contribution >= 4 is 11.3 Å². The fraction of sp³-hybridized carbons (Fsp3) is 0.550. The Labute approximate surface area is 162 Å². The van der Waals surface area contributed by atoms with Crippen molar-refractivity contribution in [1.82, 2.24) is 10.3 Å². The lowest BCUT2D eigenvalue weighted by Crippen LogP contribution is -2.45. The zero-order valence-corrected chi connectivity index (χ0v) is 16.5. The molecule has 4 nitrogen and oxygen atoms in total. The molecule has 0 aliphatic heterocycles. The molecule has 1 aromatic carbocycles. The van der Waals surface area contributed by atoms with Crippen LogP contribution >= 0.6 is 11.3 Å². The molecule has 0 radical (unpaired) electrons. The minimum atomic E-state index is -0.808. The molecule has 1 aliphatic rings. The number of aromatic nitrogens is 1. The molecule has 1 aliphatic carbocycles. The molecule has 2 unspecified atom stereocenters. The van der Waals surface area contributed by atoms with E-state index in [1.54, 1.807) is 11.3 Å². The van der Waals surface area contributed by atoms with Crippen molar-refractivity contribution in [2.45, 2.75) is 57.2 Å². The molecular formula is C20H27F2N3OS. The second-order valence-electron chi connectivity index (χ2n) is 7.89. The highest BCUT2D eigenvalue weighted by Gasteiger charge is 2.45. The van der Waals surface area contributed by atoms with Crippen LogP contribution in [-0.2, 0) is 18.4 Å². The summed E-state index contributed by atoms with van der Waals surface area (Å²) < 4.78 is 26.6. The maximum atomic E-state index is 13.3. The number of hydrogen-bond donors (Lipinski definition) is 3. The largest absolute Gasteiger partial charge is 0.390 e. The first-order valence-corrected chi connectivity index (χ1v) is 10.2. The summed E-state index contributed by atoms with van der Waals surface area (Å²) in [7, 11) is 0. The predicted molar refractivity (Wildman–Crippen MR) is 104 cm³/mol. The number of aliphatic hydroxyl groups excluding tert-OH is 1. The van der Waals surface area contributed by atoms with Crippen LogP contribution in [-0.4, -0.2) is 28.8 Å². The highest BCUT2D eigenvalue weighted by molar-refractivity contribution is 7.11. The third kappa shape index (κ3) is 5.31. The summed E-state index contributed by atoms with van der Waals surface area (Å²) in [6.45, 7) is 4.68. The Morgan fingerprint density at radius 1 is 1.22 bits per heavy atom. The molecule has 1 fully saturated rings. The number of thiazole rings is 1. The van der Waals surface area contributed by atoms with Crippen molar-refractivity contribution in [3.63, 3.8) is 0 Å². The number of aliphatic hydroxyl groups is 1. The van der Waals surface area contributed by atoms with Gasteiger partial charge < -0.3 is 16.2 Å². The second-order valence-corrected chi connectivity index (χ2v) is 9.01. The van der Waals surface area contributed by atoms with Crippen LogP contribution in [0.3, 0.4) is 0 Å². The van der Waals surface area contributed by atoms with Crippen LogP contribution in [0.4, 0.5) is 8.78 Å². The van der Waals surface area contributed by atoms with Gasteiger partial charge in [-0.25, -0.2) is 13.8 Å². The van der Waals surface area contributed by atoms with E-state index in [1.807, 2.05) is 6.20 Å². The lowest BCUT2D eigenvalue weighted by Gasteiger charge is -2.23. The number of nitrogens with two attached hydrogens (primary N) is 1. The number of hydrogen-bond acceptors (Lipinski definition) is 5. The van der Waals surface area contributed by atoms with Crippen LogP contribution < -0.4 is 11.1 Å². The molecule has 7 heteroatoms. The van der Waals surface area contributed by atoms with Gasteiger partial charge in [0.05, 0.1) is 16.7 Å². The number of nitrogens with one attached hydrogen (secondary N) is 1. The van der Waals surface area contributed by atoms with Crippen LogP contribution in [0.15, 0.2) is 24.4 Å². The average Bonchev–Trinajstić information content (AvgIpc) is 3.22. The van der Waals surface area contributed by atoms with Crippen LogP contribution in [0.25, 0.3) is 0 Å². The first-order chi connectivity index (χ1) is 12.8. The van der Waals surface area contributed by atoms with Gasteiger partial charge in [0.25, 0.3) is 0 Å². The molecule has 0 amide bonds. The van der Waals surface area contributed by atoms with Crippen LogP contribution in [0.5, 0.6) is 0 Å². The highest BCUT2D eigenvalue weighted by atomic mass is 32.1. The summed E-state index contributed by atoms with van der Waals surface area (Å²) in [4.78, 5) is 5.72. The Hall–Kier alpha value is -1.41. The van der Waals surface area contributed by atoms with E-state index in [1.165, 1.54) is 17.0 Å². The maximum Gasteiger partial charge on any atom is 0.126 e. The number of rotatable bonds is 9. The fourth-order valence-corrected chi connectivity index (χ4v) is 4.55. The summed E-state index contributed by atoms with van der Waals surface area (Å²) in [5.74, 6) is -0.701. The minimum absolute atomic E-state index is 0.113. The number of nitrogens with zero attached hydrogens (tertiary/aromatic N) is 1. The van der Waals surface area contributed by atoms with Crippen LogP contribution in [0.2, 0.25) is 0 Å². The molecule has 27 heavy (non-hydrogen) atoms. The van der Waals surface area contributed by atoms with Crippen molar-refractivity contribution in [1.29, 1.82) is 0 Å². The molecule has 1 aromatic heterocycles. The van der Waals surface area contributed by atoms with Crippen molar-refractivity contribution in [3.8, 4) is 0 Å². The van der Waals surface area contributed by atoms with Gasteiger partial charge in [0.15, 0.2) is 0 Å². The van der Waals surface area contributed by atoms with E-state index >= 15 is 0 Å². The van der Waals surface area contributed by atoms with Gasteiger partial charge in [0.2, 0.25) is 0 Å². The summed E-state index contributed by atoms with van der Waals surface area (Å²) in [5.41, 5.74) is 6.38. The maximum absolute atomic E-state index is 13.3. The van der Waals surface area contributed by atoms with E-state index in [0.717, 1.165) is 30.3 Å². The Morgan fingerprint density at radius 2 is 1.89 bits per heavy atom. The molecule has 0 bridgehead atoms. The van der Waals surface area contributed by atoms with E-state index in [2.05, 4.69) is 24.1 Å². The SMILES string of the molecule is CC(C)Cc1ncc(C2(NCC(O)C(N)Cc3cc(F)cc(F)c3)CC2)s1. The first kappa shape index (κ1) is 20.3. The topological polar surface area (TPSA) is 71.2 Å². The summed E-state index contributed by atoms with van der Waals surface area (Å²) in [6.07, 6.45) is 4.32. The number of halogens is 2. The third-order valence-corrected chi connectivity index (χ3v) is 6.12. The van der Waals surface area contributed by atoms with Gasteiger partial charge in [-0.15, -0.1) is 11.3 Å². The average molecular weight is 396 g/mol. The molecule has 148 valence electrons. The zero-order valence-electron chi connectivity index (χ0n) is 15.7. The molecule has 2 aromatic rings. The second kappa shape index (κ2) is 8.31. The van der Waals surface area contributed by atoms with Gasteiger partial charge in [-0.2, -0.15) is 0 Å². The monoisotopic (exact) mass is 395 g/mol. The molecule has 0 saturated heterocycles. The normalized spacial score (nSPS) is 17.9.